The van der Waals surface area contributed by atoms with E-state index in [-0.39, 0.29) is 0 Å². The van der Waals surface area contributed by atoms with E-state index >= 15 is 0 Å². The summed E-state index contributed by atoms with van der Waals surface area (Å²) < 4.78 is 0. The Balaban J connectivity index is 1.72. The average Bonchev–Trinajstić information content (AvgIpc) is 2.58. The summed E-state index contributed by atoms with van der Waals surface area (Å²) >= 11 is 2.11. The maximum atomic E-state index is 4.51. The Kier molecular flexibility index (Phi) is 7.99. The molecule has 0 amide bonds. The van der Waals surface area contributed by atoms with Crippen LogP contribution in [0.15, 0.2) is 4.99 Å². The van der Waals surface area contributed by atoms with E-state index in [4.69, 9.17) is 0 Å². The highest BCUT2D eigenvalue weighted by Crippen LogP contribution is 2.21. The number of hydrogen-bond acceptors (Lipinski definition) is 4. The third-order valence-corrected chi connectivity index (χ3v) is 6.25. The molecule has 0 aromatic rings. The first-order valence-corrected chi connectivity index (χ1v) is 10.1. The van der Waals surface area contributed by atoms with Crippen molar-refractivity contribution in [2.75, 3.05) is 72.2 Å². The minimum absolute atomic E-state index is 0.649. The normalized spacial score (nSPS) is 26.3. The molecule has 6 heteroatoms. The minimum Gasteiger partial charge on any atom is -0.356 e. The van der Waals surface area contributed by atoms with Gasteiger partial charge in [-0.3, -0.25) is 4.99 Å². The molecule has 2 heterocycles. The first-order valence-electron chi connectivity index (χ1n) is 9.10. The Morgan fingerprint density at radius 2 is 2.00 bits per heavy atom. The molecule has 0 aliphatic carbocycles. The molecule has 2 fully saturated rings. The fourth-order valence-corrected chi connectivity index (χ4v) is 4.47. The van der Waals surface area contributed by atoms with Gasteiger partial charge in [-0.15, -0.1) is 0 Å². The van der Waals surface area contributed by atoms with Gasteiger partial charge in [0.1, 0.15) is 0 Å². The fourth-order valence-electron chi connectivity index (χ4n) is 3.29. The van der Waals surface area contributed by atoms with E-state index in [1.54, 1.807) is 0 Å². The Labute approximate surface area is 146 Å². The van der Waals surface area contributed by atoms with Gasteiger partial charge in [-0.1, -0.05) is 13.8 Å². The summed E-state index contributed by atoms with van der Waals surface area (Å²) in [6, 6.07) is 0. The summed E-state index contributed by atoms with van der Waals surface area (Å²) in [7, 11) is 4.13. The van der Waals surface area contributed by atoms with Crippen molar-refractivity contribution >= 4 is 17.7 Å². The van der Waals surface area contributed by atoms with Crippen LogP contribution in [0, 0.1) is 5.92 Å². The number of likely N-dealkylation sites (N-methyl/N-ethyl adjacent to an activating group) is 1. The van der Waals surface area contributed by atoms with E-state index in [2.05, 4.69) is 57.7 Å². The molecule has 0 aromatic carbocycles. The Morgan fingerprint density at radius 3 is 2.65 bits per heavy atom. The Morgan fingerprint density at radius 1 is 1.26 bits per heavy atom. The number of guanidine groups is 1. The van der Waals surface area contributed by atoms with E-state index in [0.717, 1.165) is 30.8 Å². The minimum atomic E-state index is 0.649. The molecule has 0 aromatic heterocycles. The maximum Gasteiger partial charge on any atom is 0.193 e. The lowest BCUT2D eigenvalue weighted by molar-refractivity contribution is 0.139. The zero-order chi connectivity index (χ0) is 16.7. The lowest BCUT2D eigenvalue weighted by atomic mass is 10.1. The van der Waals surface area contributed by atoms with E-state index in [1.165, 1.54) is 44.9 Å². The van der Waals surface area contributed by atoms with Crippen molar-refractivity contribution in [2.24, 2.45) is 10.9 Å². The summed E-state index contributed by atoms with van der Waals surface area (Å²) in [6.07, 6.45) is 1.25. The summed E-state index contributed by atoms with van der Waals surface area (Å²) in [5.74, 6) is 2.96. The van der Waals surface area contributed by atoms with Crippen LogP contribution in [0.5, 0.6) is 0 Å². The number of rotatable bonds is 5. The molecule has 2 aliphatic heterocycles. The van der Waals surface area contributed by atoms with Crippen LogP contribution >= 0.6 is 11.8 Å². The summed E-state index contributed by atoms with van der Waals surface area (Å²) in [5, 5.41) is 4.37. The predicted molar refractivity (Wildman–Crippen MR) is 103 cm³/mol. The highest BCUT2D eigenvalue weighted by molar-refractivity contribution is 8.00. The molecule has 2 aliphatic rings. The SMILES string of the molecule is CCC1CN(C(=NC)NCC(C)CN2CCN(C)CC2)CCS1. The number of aliphatic imine (C=N–C) groups is 1. The molecule has 0 spiro atoms. The van der Waals surface area contributed by atoms with Gasteiger partial charge in [0.15, 0.2) is 5.96 Å². The van der Waals surface area contributed by atoms with Crippen molar-refractivity contribution in [1.82, 2.24) is 20.0 Å². The van der Waals surface area contributed by atoms with Crippen LogP contribution in [0.1, 0.15) is 20.3 Å². The first-order chi connectivity index (χ1) is 11.1. The van der Waals surface area contributed by atoms with Crippen molar-refractivity contribution in [2.45, 2.75) is 25.5 Å². The van der Waals surface area contributed by atoms with Gasteiger partial charge in [0.05, 0.1) is 0 Å². The van der Waals surface area contributed by atoms with Crippen molar-refractivity contribution in [3.63, 3.8) is 0 Å². The third kappa shape index (κ3) is 6.16. The van der Waals surface area contributed by atoms with Crippen molar-refractivity contribution in [1.29, 1.82) is 0 Å². The molecule has 2 saturated heterocycles. The largest absolute Gasteiger partial charge is 0.356 e. The average molecular weight is 342 g/mol. The second-order valence-corrected chi connectivity index (χ2v) is 8.39. The van der Waals surface area contributed by atoms with Gasteiger partial charge in [-0.2, -0.15) is 11.8 Å². The molecule has 2 unspecified atom stereocenters. The Bertz CT molecular complexity index is 368. The van der Waals surface area contributed by atoms with Crippen molar-refractivity contribution in [3.05, 3.63) is 0 Å². The maximum absolute atomic E-state index is 4.51. The molecular weight excluding hydrogens is 306 g/mol. The molecule has 5 nitrogen and oxygen atoms in total. The second kappa shape index (κ2) is 9.74. The van der Waals surface area contributed by atoms with E-state index < -0.39 is 0 Å². The smallest absolute Gasteiger partial charge is 0.193 e. The molecule has 23 heavy (non-hydrogen) atoms. The van der Waals surface area contributed by atoms with Crippen LogP contribution in [0.4, 0.5) is 0 Å². The lowest BCUT2D eigenvalue weighted by Crippen LogP contribution is -2.50. The van der Waals surface area contributed by atoms with Crippen LogP contribution in [0.2, 0.25) is 0 Å². The molecular formula is C17H35N5S. The predicted octanol–water partition coefficient (Wildman–Crippen LogP) is 1.27. The summed E-state index contributed by atoms with van der Waals surface area (Å²) in [6.45, 7) is 13.9. The van der Waals surface area contributed by atoms with Crippen LogP contribution in [0.25, 0.3) is 0 Å². The van der Waals surface area contributed by atoms with Crippen LogP contribution < -0.4 is 5.32 Å². The van der Waals surface area contributed by atoms with E-state index in [0.29, 0.717) is 5.92 Å². The van der Waals surface area contributed by atoms with Crippen LogP contribution in [0.3, 0.4) is 0 Å². The zero-order valence-electron chi connectivity index (χ0n) is 15.4. The van der Waals surface area contributed by atoms with Gasteiger partial charge >= 0.3 is 0 Å². The molecule has 2 rings (SSSR count). The van der Waals surface area contributed by atoms with Crippen LogP contribution in [-0.4, -0.2) is 98.1 Å². The number of nitrogens with one attached hydrogen (secondary N) is 1. The van der Waals surface area contributed by atoms with E-state index in [1.807, 2.05) is 7.05 Å². The van der Waals surface area contributed by atoms with Crippen molar-refractivity contribution < 1.29 is 0 Å². The molecule has 0 bridgehead atoms. The van der Waals surface area contributed by atoms with E-state index in [9.17, 15) is 0 Å². The molecule has 134 valence electrons. The van der Waals surface area contributed by atoms with Gasteiger partial charge in [0.25, 0.3) is 0 Å². The van der Waals surface area contributed by atoms with Gasteiger partial charge in [0.2, 0.25) is 0 Å². The summed E-state index contributed by atoms with van der Waals surface area (Å²) in [4.78, 5) is 12.0. The quantitative estimate of drug-likeness (QED) is 0.602. The van der Waals surface area contributed by atoms with Gasteiger partial charge < -0.3 is 20.0 Å². The highest BCUT2D eigenvalue weighted by Gasteiger charge is 2.22. The van der Waals surface area contributed by atoms with Gasteiger partial charge in [-0.25, -0.2) is 0 Å². The standard InChI is InChI=1S/C17H35N5S/c1-5-16-14-22(10-11-23-16)17(18-3)19-12-15(2)13-21-8-6-20(4)7-9-21/h15-16H,5-14H2,1-4H3,(H,18,19). The number of hydrogen-bond donors (Lipinski definition) is 1. The number of thioether (sulfide) groups is 1. The molecule has 2 atom stereocenters. The molecule has 0 saturated carbocycles. The number of nitrogens with zero attached hydrogens (tertiary/aromatic N) is 4. The van der Waals surface area contributed by atoms with Gasteiger partial charge in [-0.05, 0) is 19.4 Å². The fraction of sp³-hybridized carbons (Fsp3) is 0.941. The summed E-state index contributed by atoms with van der Waals surface area (Å²) in [5.41, 5.74) is 0. The van der Waals surface area contributed by atoms with Crippen LogP contribution in [-0.2, 0) is 0 Å². The monoisotopic (exact) mass is 341 g/mol. The first kappa shape index (κ1) is 18.9. The number of piperazine rings is 1. The third-order valence-electron chi connectivity index (χ3n) is 4.88. The second-order valence-electron chi connectivity index (χ2n) is 6.98. The Hall–Kier alpha value is -0.460. The topological polar surface area (TPSA) is 34.1 Å². The highest BCUT2D eigenvalue weighted by atomic mass is 32.2. The zero-order valence-corrected chi connectivity index (χ0v) is 16.2. The lowest BCUT2D eigenvalue weighted by Gasteiger charge is -2.36. The van der Waals surface area contributed by atoms with Gasteiger partial charge in [0, 0.05) is 70.4 Å². The molecule has 1 N–H and O–H groups in total. The van der Waals surface area contributed by atoms with Crippen molar-refractivity contribution in [3.8, 4) is 0 Å². The molecule has 0 radical (unpaired) electrons.